The zero-order chi connectivity index (χ0) is 16.6. The highest BCUT2D eigenvalue weighted by atomic mass is 31.0. The number of hydrogen-bond donors (Lipinski definition) is 0. The summed E-state index contributed by atoms with van der Waals surface area (Å²) in [4.78, 5) is 24.3. The Balaban J connectivity index is 1.89. The van der Waals surface area contributed by atoms with Crippen LogP contribution in [0, 0.1) is 12.8 Å². The molecular weight excluding hydrogens is 311 g/mol. The van der Waals surface area contributed by atoms with Crippen LogP contribution in [0.5, 0.6) is 0 Å². The van der Waals surface area contributed by atoms with Crippen LogP contribution >= 0.6 is 9.39 Å². The number of carbonyl (C=O) groups is 2. The number of aromatic nitrogens is 2. The minimum atomic E-state index is -0.588. The van der Waals surface area contributed by atoms with Gasteiger partial charge in [0.1, 0.15) is 11.7 Å². The molecule has 1 saturated carbocycles. The molecule has 1 aliphatic rings. The molecule has 0 saturated heterocycles. The van der Waals surface area contributed by atoms with E-state index in [1.807, 2.05) is 12.3 Å². The molecule has 0 spiro atoms. The topological polar surface area (TPSA) is 61.2 Å². The van der Waals surface area contributed by atoms with Crippen LogP contribution in [0.3, 0.4) is 0 Å². The molecule has 0 bridgehead atoms. The minimum Gasteiger partial charge on any atom is -0.465 e. The molecule has 0 radical (unpaired) electrons. The van der Waals surface area contributed by atoms with Crippen molar-refractivity contribution in [3.05, 3.63) is 29.5 Å². The van der Waals surface area contributed by atoms with Gasteiger partial charge >= 0.3 is 5.97 Å². The predicted octanol–water partition coefficient (Wildman–Crippen LogP) is 3.00. The van der Waals surface area contributed by atoms with E-state index in [0.29, 0.717) is 19.4 Å². The molecule has 2 aromatic rings. The van der Waals surface area contributed by atoms with E-state index in [9.17, 15) is 9.59 Å². The highest BCUT2D eigenvalue weighted by Crippen LogP contribution is 2.39. The van der Waals surface area contributed by atoms with Crippen LogP contribution in [0.1, 0.15) is 43.2 Å². The lowest BCUT2D eigenvalue weighted by molar-refractivity contribution is -0.152. The van der Waals surface area contributed by atoms with E-state index in [1.165, 1.54) is 11.1 Å². The van der Waals surface area contributed by atoms with E-state index in [4.69, 9.17) is 4.74 Å². The molecule has 0 aliphatic heterocycles. The van der Waals surface area contributed by atoms with Gasteiger partial charge in [0.15, 0.2) is 0 Å². The zero-order valence-corrected chi connectivity index (χ0v) is 14.6. The van der Waals surface area contributed by atoms with Gasteiger partial charge in [0.25, 0.3) is 0 Å². The molecule has 122 valence electrons. The lowest BCUT2D eigenvalue weighted by atomic mass is 9.76. The van der Waals surface area contributed by atoms with Crippen molar-refractivity contribution >= 4 is 32.0 Å². The molecule has 0 N–H and O–H groups in total. The summed E-state index contributed by atoms with van der Waals surface area (Å²) in [6.45, 7) is 4.15. The summed E-state index contributed by atoms with van der Waals surface area (Å²) in [7, 11) is 2.57. The summed E-state index contributed by atoms with van der Waals surface area (Å²) in [5.41, 5.74) is 3.39. The molecule has 23 heavy (non-hydrogen) atoms. The molecule has 3 rings (SSSR count). The van der Waals surface area contributed by atoms with E-state index in [0.717, 1.165) is 17.3 Å². The second kappa shape index (κ2) is 6.40. The van der Waals surface area contributed by atoms with Gasteiger partial charge in [0, 0.05) is 11.8 Å². The first-order valence-corrected chi connectivity index (χ1v) is 8.46. The van der Waals surface area contributed by atoms with Crippen molar-refractivity contribution in [3.63, 3.8) is 0 Å². The Bertz CT molecular complexity index is 769. The van der Waals surface area contributed by atoms with Gasteiger partial charge in [-0.05, 0) is 59.2 Å². The van der Waals surface area contributed by atoms with Crippen LogP contribution in [0.4, 0.5) is 0 Å². The molecule has 5 nitrogen and oxygen atoms in total. The van der Waals surface area contributed by atoms with Crippen molar-refractivity contribution in [2.75, 3.05) is 6.61 Å². The first-order valence-electron chi connectivity index (χ1n) is 7.94. The fourth-order valence-corrected chi connectivity index (χ4v) is 3.84. The van der Waals surface area contributed by atoms with Crippen molar-refractivity contribution in [3.8, 4) is 0 Å². The van der Waals surface area contributed by atoms with Crippen molar-refractivity contribution < 1.29 is 14.3 Å². The summed E-state index contributed by atoms with van der Waals surface area (Å²) in [6, 6.07) is 4.11. The van der Waals surface area contributed by atoms with Gasteiger partial charge in [-0.25, -0.2) is 0 Å². The van der Waals surface area contributed by atoms with E-state index < -0.39 is 5.92 Å². The lowest BCUT2D eigenvalue weighted by Gasteiger charge is -2.27. The summed E-state index contributed by atoms with van der Waals surface area (Å²) >= 11 is 0. The van der Waals surface area contributed by atoms with Crippen molar-refractivity contribution in [1.29, 1.82) is 0 Å². The molecule has 1 fully saturated rings. The fourth-order valence-electron chi connectivity index (χ4n) is 3.55. The molecule has 3 atom stereocenters. The summed E-state index contributed by atoms with van der Waals surface area (Å²) in [5.74, 6) is -0.820. The van der Waals surface area contributed by atoms with Crippen molar-refractivity contribution in [2.24, 2.45) is 5.92 Å². The SMILES string of the molecule is CCOC(=O)C1CCC(c2c(C)ccc3c2cnn3P)CC1=O. The smallest absolute Gasteiger partial charge is 0.316 e. The largest absolute Gasteiger partial charge is 0.465 e. The Kier molecular flexibility index (Phi) is 4.49. The number of rotatable bonds is 3. The standard InChI is InChI=1S/C17H21N2O3P/c1-3-22-17(21)12-6-5-11(8-15(12)20)16-10(2)4-7-14-13(16)9-18-19(14)23/h4,7,9,11-12H,3,5-6,8,23H2,1-2H3. The maximum atomic E-state index is 12.4. The van der Waals surface area contributed by atoms with Gasteiger partial charge in [0.05, 0.1) is 18.3 Å². The number of Topliss-reactive ketones (excluding diaryl/α,β-unsaturated/α-hetero) is 1. The maximum absolute atomic E-state index is 12.4. The minimum absolute atomic E-state index is 0.00521. The number of fused-ring (bicyclic) bond motifs is 1. The number of benzene rings is 1. The Morgan fingerprint density at radius 1 is 1.43 bits per heavy atom. The average Bonchev–Trinajstić information content (AvgIpc) is 2.88. The number of nitrogens with zero attached hydrogens (tertiary/aromatic N) is 2. The van der Waals surface area contributed by atoms with Crippen LogP contribution in [0.2, 0.25) is 0 Å². The highest BCUT2D eigenvalue weighted by molar-refractivity contribution is 7.14. The molecule has 0 amide bonds. The van der Waals surface area contributed by atoms with Crippen molar-refractivity contribution in [1.82, 2.24) is 9.55 Å². The molecule has 1 aliphatic carbocycles. The number of esters is 1. The fraction of sp³-hybridized carbons (Fsp3) is 0.471. The van der Waals surface area contributed by atoms with E-state index in [1.54, 1.807) is 11.4 Å². The van der Waals surface area contributed by atoms with Crippen molar-refractivity contribution in [2.45, 2.75) is 39.0 Å². The Hall–Kier alpha value is -1.74. The van der Waals surface area contributed by atoms with E-state index >= 15 is 0 Å². The maximum Gasteiger partial charge on any atom is 0.316 e. The zero-order valence-electron chi connectivity index (χ0n) is 13.4. The number of hydrogen-bond acceptors (Lipinski definition) is 4. The summed E-state index contributed by atoms with van der Waals surface area (Å²) in [5, 5.41) is 5.39. The highest BCUT2D eigenvalue weighted by Gasteiger charge is 2.36. The van der Waals surface area contributed by atoms with Crippen LogP contribution in [0.15, 0.2) is 18.3 Å². The number of carbonyl (C=O) groups excluding carboxylic acids is 2. The molecule has 6 heteroatoms. The Morgan fingerprint density at radius 3 is 2.91 bits per heavy atom. The molecule has 3 unspecified atom stereocenters. The summed E-state index contributed by atoms with van der Waals surface area (Å²) < 4.78 is 6.78. The third-order valence-corrected chi connectivity index (χ3v) is 5.07. The third kappa shape index (κ3) is 2.90. The van der Waals surface area contributed by atoms with Crippen LogP contribution < -0.4 is 0 Å². The first kappa shape index (κ1) is 16.1. The quantitative estimate of drug-likeness (QED) is 0.492. The molecule has 1 heterocycles. The third-order valence-electron chi connectivity index (χ3n) is 4.66. The number of aryl methyl sites for hydroxylation is 1. The van der Waals surface area contributed by atoms with Gasteiger partial charge in [-0.2, -0.15) is 5.10 Å². The van der Waals surface area contributed by atoms with Gasteiger partial charge in [0.2, 0.25) is 0 Å². The second-order valence-corrected chi connectivity index (χ2v) is 6.56. The van der Waals surface area contributed by atoms with Crippen LogP contribution in [-0.2, 0) is 14.3 Å². The normalized spacial score (nSPS) is 21.6. The second-order valence-electron chi connectivity index (χ2n) is 6.07. The monoisotopic (exact) mass is 332 g/mol. The predicted molar refractivity (Wildman–Crippen MR) is 91.3 cm³/mol. The Labute approximate surface area is 137 Å². The van der Waals surface area contributed by atoms with Gasteiger partial charge < -0.3 is 4.74 Å². The van der Waals surface area contributed by atoms with Gasteiger partial charge in [-0.3, -0.25) is 14.0 Å². The Morgan fingerprint density at radius 2 is 2.22 bits per heavy atom. The molecule has 1 aromatic heterocycles. The first-order chi connectivity index (χ1) is 11.0. The van der Waals surface area contributed by atoms with E-state index in [2.05, 4.69) is 27.5 Å². The number of ketones is 1. The molecule has 1 aromatic carbocycles. The summed E-state index contributed by atoms with van der Waals surface area (Å²) in [6.07, 6.45) is 3.63. The van der Waals surface area contributed by atoms with Gasteiger partial charge in [-0.1, -0.05) is 6.07 Å². The van der Waals surface area contributed by atoms with Crippen LogP contribution in [0.25, 0.3) is 10.9 Å². The van der Waals surface area contributed by atoms with Gasteiger partial charge in [-0.15, -0.1) is 0 Å². The lowest BCUT2D eigenvalue weighted by Crippen LogP contribution is -2.31. The molecular formula is C17H21N2O3P. The number of ether oxygens (including phenoxy) is 1. The van der Waals surface area contributed by atoms with Crippen LogP contribution in [-0.4, -0.2) is 27.9 Å². The van der Waals surface area contributed by atoms with E-state index in [-0.39, 0.29) is 17.7 Å². The average molecular weight is 332 g/mol.